The first kappa shape index (κ1) is 15.4. The normalized spacial score (nSPS) is 12.2. The van der Waals surface area contributed by atoms with Crippen LogP contribution in [0, 0.1) is 11.6 Å². The number of benzene rings is 2. The lowest BCUT2D eigenvalue weighted by Crippen LogP contribution is -2.20. The van der Waals surface area contributed by atoms with E-state index >= 15 is 0 Å². The first-order chi connectivity index (χ1) is 10.2. The largest absolute Gasteiger partial charge is 0.494 e. The van der Waals surface area contributed by atoms with E-state index in [1.807, 2.05) is 38.2 Å². The Balaban J connectivity index is 2.25. The Kier molecular flexibility index (Phi) is 5.28. The SMILES string of the molecule is CCOc1ccccc1C(Cc1ccc(F)c(F)c1)NC. The van der Waals surface area contributed by atoms with Crippen LogP contribution in [-0.4, -0.2) is 13.7 Å². The molecule has 0 aliphatic heterocycles. The van der Waals surface area contributed by atoms with Crippen molar-refractivity contribution in [2.75, 3.05) is 13.7 Å². The zero-order valence-corrected chi connectivity index (χ0v) is 12.2. The average molecular weight is 291 g/mol. The van der Waals surface area contributed by atoms with Crippen LogP contribution < -0.4 is 10.1 Å². The minimum Gasteiger partial charge on any atom is -0.494 e. The molecule has 0 spiro atoms. The average Bonchev–Trinajstić information content (AvgIpc) is 2.49. The molecule has 0 saturated heterocycles. The van der Waals surface area contributed by atoms with E-state index in [1.165, 1.54) is 6.07 Å². The minimum absolute atomic E-state index is 0.0300. The maximum absolute atomic E-state index is 13.3. The standard InChI is InChI=1S/C17H19F2NO/c1-3-21-17-7-5-4-6-13(17)16(20-2)11-12-8-9-14(18)15(19)10-12/h4-10,16,20H,3,11H2,1-2H3. The van der Waals surface area contributed by atoms with E-state index in [0.717, 1.165) is 22.9 Å². The van der Waals surface area contributed by atoms with Gasteiger partial charge in [-0.2, -0.15) is 0 Å². The molecular weight excluding hydrogens is 272 g/mol. The number of para-hydroxylation sites is 1. The molecule has 112 valence electrons. The molecule has 0 fully saturated rings. The quantitative estimate of drug-likeness (QED) is 0.872. The van der Waals surface area contributed by atoms with Gasteiger partial charge in [0.15, 0.2) is 11.6 Å². The molecule has 0 aliphatic carbocycles. The van der Waals surface area contributed by atoms with Crippen LogP contribution in [-0.2, 0) is 6.42 Å². The van der Waals surface area contributed by atoms with Gasteiger partial charge in [0.25, 0.3) is 0 Å². The zero-order valence-electron chi connectivity index (χ0n) is 12.2. The van der Waals surface area contributed by atoms with Crippen molar-refractivity contribution >= 4 is 0 Å². The van der Waals surface area contributed by atoms with Crippen LogP contribution in [0.4, 0.5) is 8.78 Å². The van der Waals surface area contributed by atoms with Crippen LogP contribution in [0.3, 0.4) is 0 Å². The fraction of sp³-hybridized carbons (Fsp3) is 0.294. The Morgan fingerprint density at radius 1 is 1.10 bits per heavy atom. The third-order valence-corrected chi connectivity index (χ3v) is 3.37. The molecule has 1 atom stereocenters. The van der Waals surface area contributed by atoms with E-state index in [-0.39, 0.29) is 6.04 Å². The summed E-state index contributed by atoms with van der Waals surface area (Å²) in [6, 6.07) is 11.7. The molecule has 0 saturated carbocycles. The summed E-state index contributed by atoms with van der Waals surface area (Å²) >= 11 is 0. The van der Waals surface area contributed by atoms with Crippen molar-refractivity contribution < 1.29 is 13.5 Å². The Bertz CT molecular complexity index is 601. The first-order valence-electron chi connectivity index (χ1n) is 6.98. The van der Waals surface area contributed by atoms with Crippen molar-refractivity contribution in [1.82, 2.24) is 5.32 Å². The number of halogens is 2. The number of likely N-dealkylation sites (N-methyl/N-ethyl adjacent to an activating group) is 1. The summed E-state index contributed by atoms with van der Waals surface area (Å²) in [6.45, 7) is 2.51. The van der Waals surface area contributed by atoms with Gasteiger partial charge in [0, 0.05) is 11.6 Å². The number of rotatable bonds is 6. The van der Waals surface area contributed by atoms with Gasteiger partial charge in [-0.05, 0) is 44.2 Å². The summed E-state index contributed by atoms with van der Waals surface area (Å²) in [5.41, 5.74) is 1.74. The van der Waals surface area contributed by atoms with E-state index in [9.17, 15) is 8.78 Å². The summed E-state index contributed by atoms with van der Waals surface area (Å²) in [7, 11) is 1.84. The summed E-state index contributed by atoms with van der Waals surface area (Å²) in [5, 5.41) is 3.20. The summed E-state index contributed by atoms with van der Waals surface area (Å²) < 4.78 is 31.9. The maximum Gasteiger partial charge on any atom is 0.159 e. The monoisotopic (exact) mass is 291 g/mol. The molecular formula is C17H19F2NO. The fourth-order valence-corrected chi connectivity index (χ4v) is 2.33. The molecule has 2 aromatic rings. The van der Waals surface area contributed by atoms with Gasteiger partial charge in [-0.1, -0.05) is 24.3 Å². The second-order valence-corrected chi connectivity index (χ2v) is 4.76. The highest BCUT2D eigenvalue weighted by molar-refractivity contribution is 5.37. The highest BCUT2D eigenvalue weighted by Crippen LogP contribution is 2.27. The predicted octanol–water partition coefficient (Wildman–Crippen LogP) is 3.87. The molecule has 2 aromatic carbocycles. The Morgan fingerprint density at radius 3 is 2.52 bits per heavy atom. The van der Waals surface area contributed by atoms with E-state index in [4.69, 9.17) is 4.74 Å². The molecule has 0 radical (unpaired) electrons. The third-order valence-electron chi connectivity index (χ3n) is 3.37. The Hall–Kier alpha value is -1.94. The maximum atomic E-state index is 13.3. The van der Waals surface area contributed by atoms with Gasteiger partial charge in [0.05, 0.1) is 6.61 Å². The zero-order chi connectivity index (χ0) is 15.2. The predicted molar refractivity (Wildman–Crippen MR) is 79.5 cm³/mol. The number of nitrogens with one attached hydrogen (secondary N) is 1. The molecule has 0 heterocycles. The van der Waals surface area contributed by atoms with Crippen LogP contribution in [0.2, 0.25) is 0 Å². The fourth-order valence-electron chi connectivity index (χ4n) is 2.33. The van der Waals surface area contributed by atoms with Gasteiger partial charge in [-0.3, -0.25) is 0 Å². The highest BCUT2D eigenvalue weighted by atomic mass is 19.2. The van der Waals surface area contributed by atoms with Crippen LogP contribution in [0.1, 0.15) is 24.1 Å². The van der Waals surface area contributed by atoms with E-state index < -0.39 is 11.6 Å². The van der Waals surface area contributed by atoms with Crippen molar-refractivity contribution in [3.63, 3.8) is 0 Å². The molecule has 0 bridgehead atoms. The van der Waals surface area contributed by atoms with Crippen LogP contribution >= 0.6 is 0 Å². The second kappa shape index (κ2) is 7.18. The summed E-state index contributed by atoms with van der Waals surface area (Å²) in [6.07, 6.45) is 0.553. The van der Waals surface area contributed by atoms with Gasteiger partial charge in [0.2, 0.25) is 0 Å². The van der Waals surface area contributed by atoms with Crippen LogP contribution in [0.25, 0.3) is 0 Å². The van der Waals surface area contributed by atoms with Gasteiger partial charge >= 0.3 is 0 Å². The lowest BCUT2D eigenvalue weighted by molar-refractivity contribution is 0.332. The molecule has 4 heteroatoms. The van der Waals surface area contributed by atoms with E-state index in [1.54, 1.807) is 6.07 Å². The molecule has 0 amide bonds. The van der Waals surface area contributed by atoms with Crippen molar-refractivity contribution in [1.29, 1.82) is 0 Å². The highest BCUT2D eigenvalue weighted by Gasteiger charge is 2.15. The van der Waals surface area contributed by atoms with E-state index in [2.05, 4.69) is 5.32 Å². The third kappa shape index (κ3) is 3.79. The minimum atomic E-state index is -0.825. The smallest absolute Gasteiger partial charge is 0.159 e. The van der Waals surface area contributed by atoms with Crippen molar-refractivity contribution in [3.05, 3.63) is 65.2 Å². The molecule has 2 rings (SSSR count). The van der Waals surface area contributed by atoms with Crippen molar-refractivity contribution in [2.45, 2.75) is 19.4 Å². The van der Waals surface area contributed by atoms with Gasteiger partial charge in [-0.25, -0.2) is 8.78 Å². The molecule has 0 aliphatic rings. The molecule has 1 unspecified atom stereocenters. The summed E-state index contributed by atoms with van der Waals surface area (Å²) in [5.74, 6) is -0.836. The topological polar surface area (TPSA) is 21.3 Å². The Morgan fingerprint density at radius 2 is 1.86 bits per heavy atom. The van der Waals surface area contributed by atoms with Crippen LogP contribution in [0.5, 0.6) is 5.75 Å². The molecule has 2 nitrogen and oxygen atoms in total. The molecule has 0 aromatic heterocycles. The first-order valence-corrected chi connectivity index (χ1v) is 6.98. The van der Waals surface area contributed by atoms with Gasteiger partial charge < -0.3 is 10.1 Å². The van der Waals surface area contributed by atoms with Crippen molar-refractivity contribution in [2.24, 2.45) is 0 Å². The molecule has 1 N–H and O–H groups in total. The number of ether oxygens (including phenoxy) is 1. The summed E-state index contributed by atoms with van der Waals surface area (Å²) in [4.78, 5) is 0. The van der Waals surface area contributed by atoms with Crippen LogP contribution in [0.15, 0.2) is 42.5 Å². The second-order valence-electron chi connectivity index (χ2n) is 4.76. The van der Waals surface area contributed by atoms with Crippen molar-refractivity contribution in [3.8, 4) is 5.75 Å². The number of hydrogen-bond donors (Lipinski definition) is 1. The van der Waals surface area contributed by atoms with Gasteiger partial charge in [-0.15, -0.1) is 0 Å². The molecule has 21 heavy (non-hydrogen) atoms. The lowest BCUT2D eigenvalue weighted by atomic mass is 9.98. The Labute approximate surface area is 123 Å². The lowest BCUT2D eigenvalue weighted by Gasteiger charge is -2.20. The van der Waals surface area contributed by atoms with Gasteiger partial charge in [0.1, 0.15) is 5.75 Å². The number of hydrogen-bond acceptors (Lipinski definition) is 2. The van der Waals surface area contributed by atoms with E-state index in [0.29, 0.717) is 13.0 Å².